The average molecular weight is 240 g/mol. The van der Waals surface area contributed by atoms with Crippen LogP contribution in [0.15, 0.2) is 12.4 Å². The SMILES string of the molecule is Cn1ccnc1CCNC(=O)C1CSCN1. The van der Waals surface area contributed by atoms with Crippen LogP contribution in [0.4, 0.5) is 0 Å². The molecule has 0 bridgehead atoms. The van der Waals surface area contributed by atoms with Crippen LogP contribution in [0.3, 0.4) is 0 Å². The molecule has 1 aliphatic rings. The first-order valence-electron chi connectivity index (χ1n) is 5.32. The van der Waals surface area contributed by atoms with Crippen molar-refractivity contribution in [2.45, 2.75) is 12.5 Å². The quantitative estimate of drug-likeness (QED) is 0.761. The molecule has 0 spiro atoms. The maximum atomic E-state index is 11.6. The highest BCUT2D eigenvalue weighted by Gasteiger charge is 2.21. The smallest absolute Gasteiger partial charge is 0.238 e. The Kier molecular flexibility index (Phi) is 3.84. The lowest BCUT2D eigenvalue weighted by Gasteiger charge is -2.10. The molecule has 2 rings (SSSR count). The summed E-state index contributed by atoms with van der Waals surface area (Å²) in [5.41, 5.74) is 0. The van der Waals surface area contributed by atoms with E-state index in [1.807, 2.05) is 17.8 Å². The number of amides is 1. The predicted octanol–water partition coefficient (Wildman–Crippen LogP) is -0.259. The lowest BCUT2D eigenvalue weighted by Crippen LogP contribution is -2.42. The van der Waals surface area contributed by atoms with Gasteiger partial charge < -0.3 is 9.88 Å². The zero-order valence-corrected chi connectivity index (χ0v) is 10.1. The van der Waals surface area contributed by atoms with Crippen LogP contribution in [0.25, 0.3) is 0 Å². The Morgan fingerprint density at radius 3 is 3.31 bits per heavy atom. The molecule has 0 saturated carbocycles. The van der Waals surface area contributed by atoms with Gasteiger partial charge in [0.05, 0.1) is 6.04 Å². The Morgan fingerprint density at radius 2 is 2.69 bits per heavy atom. The molecular weight excluding hydrogens is 224 g/mol. The summed E-state index contributed by atoms with van der Waals surface area (Å²) in [6.07, 6.45) is 4.45. The molecule has 1 fully saturated rings. The molecule has 1 aromatic rings. The zero-order valence-electron chi connectivity index (χ0n) is 9.27. The highest BCUT2D eigenvalue weighted by molar-refractivity contribution is 7.99. The Balaban J connectivity index is 1.71. The van der Waals surface area contributed by atoms with E-state index in [-0.39, 0.29) is 11.9 Å². The number of nitrogens with zero attached hydrogens (tertiary/aromatic N) is 2. The van der Waals surface area contributed by atoms with E-state index in [0.29, 0.717) is 6.54 Å². The van der Waals surface area contributed by atoms with Crippen molar-refractivity contribution in [3.05, 3.63) is 18.2 Å². The van der Waals surface area contributed by atoms with E-state index in [2.05, 4.69) is 15.6 Å². The fourth-order valence-corrected chi connectivity index (χ4v) is 2.56. The Morgan fingerprint density at radius 1 is 1.81 bits per heavy atom. The monoisotopic (exact) mass is 240 g/mol. The second-order valence-corrected chi connectivity index (χ2v) is 4.80. The number of nitrogens with one attached hydrogen (secondary N) is 2. The lowest BCUT2D eigenvalue weighted by molar-refractivity contribution is -0.122. The van der Waals surface area contributed by atoms with Crippen molar-refractivity contribution >= 4 is 17.7 Å². The van der Waals surface area contributed by atoms with Crippen LogP contribution in [-0.2, 0) is 18.3 Å². The first kappa shape index (κ1) is 11.5. The summed E-state index contributed by atoms with van der Waals surface area (Å²) in [4.78, 5) is 15.8. The number of thioether (sulfide) groups is 1. The molecule has 1 atom stereocenters. The highest BCUT2D eigenvalue weighted by atomic mass is 32.2. The number of carbonyl (C=O) groups excluding carboxylic acids is 1. The van der Waals surface area contributed by atoms with Gasteiger partial charge in [0.1, 0.15) is 5.82 Å². The van der Waals surface area contributed by atoms with Crippen molar-refractivity contribution in [3.8, 4) is 0 Å². The van der Waals surface area contributed by atoms with Gasteiger partial charge >= 0.3 is 0 Å². The fourth-order valence-electron chi connectivity index (χ4n) is 1.62. The van der Waals surface area contributed by atoms with Gasteiger partial charge in [0.15, 0.2) is 0 Å². The van der Waals surface area contributed by atoms with Gasteiger partial charge in [-0.15, -0.1) is 11.8 Å². The van der Waals surface area contributed by atoms with Crippen LogP contribution in [0.1, 0.15) is 5.82 Å². The third-order valence-corrected chi connectivity index (χ3v) is 3.54. The summed E-state index contributed by atoms with van der Waals surface area (Å²) in [5, 5.41) is 6.06. The van der Waals surface area contributed by atoms with Gasteiger partial charge in [-0.2, -0.15) is 0 Å². The van der Waals surface area contributed by atoms with Gasteiger partial charge in [0.2, 0.25) is 5.91 Å². The second kappa shape index (κ2) is 5.36. The van der Waals surface area contributed by atoms with Gasteiger partial charge in [-0.25, -0.2) is 4.98 Å². The van der Waals surface area contributed by atoms with Crippen LogP contribution in [0.5, 0.6) is 0 Å². The van der Waals surface area contributed by atoms with Gasteiger partial charge in [0.25, 0.3) is 0 Å². The molecular formula is C10H16N4OS. The molecule has 88 valence electrons. The number of aromatic nitrogens is 2. The molecule has 1 aromatic heterocycles. The average Bonchev–Trinajstić information content (AvgIpc) is 2.90. The molecule has 0 aliphatic carbocycles. The van der Waals surface area contributed by atoms with Gasteiger partial charge in [-0.05, 0) is 0 Å². The van der Waals surface area contributed by atoms with Crippen molar-refractivity contribution < 1.29 is 4.79 Å². The Bertz CT molecular complexity index is 359. The molecule has 1 amide bonds. The van der Waals surface area contributed by atoms with Crippen molar-refractivity contribution in [1.82, 2.24) is 20.2 Å². The summed E-state index contributed by atoms with van der Waals surface area (Å²) in [6, 6.07) is -0.0219. The molecule has 1 saturated heterocycles. The van der Waals surface area contributed by atoms with Crippen molar-refractivity contribution in [3.63, 3.8) is 0 Å². The van der Waals surface area contributed by atoms with E-state index in [1.54, 1.807) is 18.0 Å². The zero-order chi connectivity index (χ0) is 11.4. The van der Waals surface area contributed by atoms with E-state index in [0.717, 1.165) is 23.9 Å². The standard InChI is InChI=1S/C10H16N4OS/c1-14-5-4-11-9(14)2-3-12-10(15)8-6-16-7-13-8/h4-5,8,13H,2-3,6-7H2,1H3,(H,12,15). The minimum absolute atomic E-state index is 0.0219. The molecule has 1 aliphatic heterocycles. The number of hydrogen-bond donors (Lipinski definition) is 2. The van der Waals surface area contributed by atoms with Crippen LogP contribution < -0.4 is 10.6 Å². The first-order chi connectivity index (χ1) is 7.77. The van der Waals surface area contributed by atoms with Crippen LogP contribution >= 0.6 is 11.8 Å². The fraction of sp³-hybridized carbons (Fsp3) is 0.600. The third kappa shape index (κ3) is 2.76. The van der Waals surface area contributed by atoms with Gasteiger partial charge in [0, 0.05) is 44.0 Å². The van der Waals surface area contributed by atoms with Gasteiger partial charge in [-0.1, -0.05) is 0 Å². The Labute approximate surface area is 99.0 Å². The maximum absolute atomic E-state index is 11.6. The normalized spacial score (nSPS) is 19.9. The molecule has 6 heteroatoms. The summed E-state index contributed by atoms with van der Waals surface area (Å²) in [6.45, 7) is 0.645. The molecule has 5 nitrogen and oxygen atoms in total. The molecule has 1 unspecified atom stereocenters. The van der Waals surface area contributed by atoms with E-state index >= 15 is 0 Å². The highest BCUT2D eigenvalue weighted by Crippen LogP contribution is 2.09. The molecule has 2 heterocycles. The number of aryl methyl sites for hydroxylation is 1. The molecule has 0 aromatic carbocycles. The van der Waals surface area contributed by atoms with Crippen LogP contribution in [0.2, 0.25) is 0 Å². The lowest BCUT2D eigenvalue weighted by atomic mass is 10.3. The number of carbonyl (C=O) groups is 1. The third-order valence-electron chi connectivity index (χ3n) is 2.60. The summed E-state index contributed by atoms with van der Waals surface area (Å²) in [7, 11) is 1.96. The van der Waals surface area contributed by atoms with E-state index in [4.69, 9.17) is 0 Å². The summed E-state index contributed by atoms with van der Waals surface area (Å²) >= 11 is 1.76. The van der Waals surface area contributed by atoms with Crippen LogP contribution in [-0.4, -0.2) is 39.7 Å². The number of rotatable bonds is 4. The number of imidazole rings is 1. The maximum Gasteiger partial charge on any atom is 0.238 e. The van der Waals surface area contributed by atoms with E-state index < -0.39 is 0 Å². The largest absolute Gasteiger partial charge is 0.354 e. The first-order valence-corrected chi connectivity index (χ1v) is 6.48. The van der Waals surface area contributed by atoms with Gasteiger partial charge in [-0.3, -0.25) is 10.1 Å². The van der Waals surface area contributed by atoms with Crippen molar-refractivity contribution in [1.29, 1.82) is 0 Å². The van der Waals surface area contributed by atoms with Crippen molar-refractivity contribution in [2.75, 3.05) is 18.2 Å². The second-order valence-electron chi connectivity index (χ2n) is 3.77. The molecule has 0 radical (unpaired) electrons. The van der Waals surface area contributed by atoms with E-state index in [1.165, 1.54) is 0 Å². The van der Waals surface area contributed by atoms with E-state index in [9.17, 15) is 4.79 Å². The summed E-state index contributed by atoms with van der Waals surface area (Å²) < 4.78 is 1.97. The summed E-state index contributed by atoms with van der Waals surface area (Å²) in [5.74, 6) is 2.83. The van der Waals surface area contributed by atoms with Crippen LogP contribution in [0, 0.1) is 0 Å². The van der Waals surface area contributed by atoms with Crippen molar-refractivity contribution in [2.24, 2.45) is 7.05 Å². The minimum atomic E-state index is -0.0219. The minimum Gasteiger partial charge on any atom is -0.354 e. The topological polar surface area (TPSA) is 59.0 Å². The Hall–Kier alpha value is -1.01. The molecule has 2 N–H and O–H groups in total. The molecule has 16 heavy (non-hydrogen) atoms. The number of hydrogen-bond acceptors (Lipinski definition) is 4. The predicted molar refractivity (Wildman–Crippen MR) is 64.2 cm³/mol.